The molecule has 0 aromatic heterocycles. The standard InChI is InChI=1S/C34H48O9/c1-18(35)42-22-15-21-20(30(5,6)28(22)39)11-12-24-31(7)16-23(43-19(2)36)27(32(31,8)17-26(38)33(21,24)9)34(10,41)25(37)13-14-29(3,4)40/h11,13-14,21-24,27,40-41H,12,15-17H2,1-10H3. The lowest BCUT2D eigenvalue weighted by atomic mass is 9.38. The molecule has 9 atom stereocenters. The van der Waals surface area contributed by atoms with Gasteiger partial charge in [0.2, 0.25) is 0 Å². The Morgan fingerprint density at radius 1 is 0.953 bits per heavy atom. The van der Waals surface area contributed by atoms with Crippen LogP contribution >= 0.6 is 0 Å². The second-order valence-electron chi connectivity index (χ2n) is 15.4. The molecular formula is C34H48O9. The van der Waals surface area contributed by atoms with Crippen molar-refractivity contribution in [2.45, 2.75) is 118 Å². The van der Waals surface area contributed by atoms with Crippen molar-refractivity contribution < 1.29 is 43.7 Å². The van der Waals surface area contributed by atoms with Crippen molar-refractivity contribution in [2.24, 2.45) is 39.4 Å². The predicted molar refractivity (Wildman–Crippen MR) is 157 cm³/mol. The van der Waals surface area contributed by atoms with E-state index >= 15 is 0 Å². The van der Waals surface area contributed by atoms with Crippen LogP contribution in [0.25, 0.3) is 0 Å². The number of ether oxygens (including phenoxy) is 2. The Kier molecular flexibility index (Phi) is 7.88. The monoisotopic (exact) mass is 600 g/mol. The Labute approximate surface area is 254 Å². The van der Waals surface area contributed by atoms with Gasteiger partial charge in [-0.25, -0.2) is 0 Å². The van der Waals surface area contributed by atoms with Gasteiger partial charge in [-0.15, -0.1) is 0 Å². The second-order valence-corrected chi connectivity index (χ2v) is 15.4. The third kappa shape index (κ3) is 4.95. The number of Topliss-reactive ketones (excluding diaryl/α,β-unsaturated/α-hetero) is 2. The maximum atomic E-state index is 14.6. The highest BCUT2D eigenvalue weighted by molar-refractivity contribution is 5.98. The zero-order chi connectivity index (χ0) is 32.7. The molecule has 0 radical (unpaired) electrons. The number of aliphatic hydroxyl groups is 2. The number of hydrogen-bond donors (Lipinski definition) is 2. The summed E-state index contributed by atoms with van der Waals surface area (Å²) in [6.07, 6.45) is 3.75. The van der Waals surface area contributed by atoms with E-state index in [0.717, 1.165) is 11.6 Å². The van der Waals surface area contributed by atoms with Gasteiger partial charge in [-0.1, -0.05) is 38.5 Å². The number of esters is 2. The first-order valence-corrected chi connectivity index (χ1v) is 15.3. The van der Waals surface area contributed by atoms with Crippen LogP contribution in [0.5, 0.6) is 0 Å². The molecule has 4 rings (SSSR count). The molecular weight excluding hydrogens is 552 g/mol. The van der Waals surface area contributed by atoms with Crippen LogP contribution in [0.2, 0.25) is 0 Å². The Balaban J connectivity index is 1.86. The number of carbonyl (C=O) groups is 5. The summed E-state index contributed by atoms with van der Waals surface area (Å²) < 4.78 is 11.3. The van der Waals surface area contributed by atoms with E-state index in [-0.39, 0.29) is 36.2 Å². The number of rotatable bonds is 6. The molecule has 0 aliphatic heterocycles. The van der Waals surface area contributed by atoms with Gasteiger partial charge in [-0.05, 0) is 82.6 Å². The van der Waals surface area contributed by atoms with E-state index in [0.29, 0.717) is 12.8 Å². The van der Waals surface area contributed by atoms with Gasteiger partial charge in [0.15, 0.2) is 17.7 Å². The second kappa shape index (κ2) is 10.2. The van der Waals surface area contributed by atoms with Gasteiger partial charge in [0.25, 0.3) is 0 Å². The minimum atomic E-state index is -2.02. The van der Waals surface area contributed by atoms with Crippen molar-refractivity contribution in [2.75, 3.05) is 0 Å². The van der Waals surface area contributed by atoms with Gasteiger partial charge in [-0.3, -0.25) is 24.0 Å². The molecule has 0 spiro atoms. The van der Waals surface area contributed by atoms with Crippen LogP contribution in [0, 0.1) is 39.4 Å². The lowest BCUT2D eigenvalue weighted by molar-refractivity contribution is -0.186. The highest BCUT2D eigenvalue weighted by atomic mass is 16.5. The summed E-state index contributed by atoms with van der Waals surface area (Å²) in [5.74, 6) is -3.53. The molecule has 0 aromatic carbocycles. The van der Waals surface area contributed by atoms with E-state index < -0.39 is 68.7 Å². The average Bonchev–Trinajstić information content (AvgIpc) is 3.06. The number of ketones is 3. The van der Waals surface area contributed by atoms with Gasteiger partial charge in [0.1, 0.15) is 17.5 Å². The van der Waals surface area contributed by atoms with E-state index in [9.17, 15) is 34.2 Å². The molecule has 4 aliphatic carbocycles. The summed E-state index contributed by atoms with van der Waals surface area (Å²) in [4.78, 5) is 65.9. The molecule has 2 N–H and O–H groups in total. The first kappa shape index (κ1) is 33.2. The van der Waals surface area contributed by atoms with Crippen LogP contribution in [0.3, 0.4) is 0 Å². The summed E-state index contributed by atoms with van der Waals surface area (Å²) in [5, 5.41) is 22.1. The molecule has 0 heterocycles. The summed E-state index contributed by atoms with van der Waals surface area (Å²) in [5.41, 5.74) is -5.90. The highest BCUT2D eigenvalue weighted by Gasteiger charge is 2.75. The maximum Gasteiger partial charge on any atom is 0.303 e. The van der Waals surface area contributed by atoms with Gasteiger partial charge in [-0.2, -0.15) is 0 Å². The van der Waals surface area contributed by atoms with Crippen molar-refractivity contribution in [3.8, 4) is 0 Å². The average molecular weight is 601 g/mol. The number of allylic oxidation sites excluding steroid dienone is 2. The number of carbonyl (C=O) groups excluding carboxylic acids is 5. The fourth-order valence-corrected chi connectivity index (χ4v) is 9.56. The zero-order valence-corrected chi connectivity index (χ0v) is 27.2. The highest BCUT2D eigenvalue weighted by Crippen LogP contribution is 2.74. The van der Waals surface area contributed by atoms with Crippen molar-refractivity contribution in [3.05, 3.63) is 23.8 Å². The van der Waals surface area contributed by atoms with E-state index in [1.54, 1.807) is 0 Å². The third-order valence-corrected chi connectivity index (χ3v) is 11.7. The van der Waals surface area contributed by atoms with Crippen molar-refractivity contribution in [3.63, 3.8) is 0 Å². The largest absolute Gasteiger partial charge is 0.462 e. The van der Waals surface area contributed by atoms with Crippen LogP contribution in [0.4, 0.5) is 0 Å². The zero-order valence-electron chi connectivity index (χ0n) is 27.2. The van der Waals surface area contributed by atoms with Crippen LogP contribution in [-0.2, 0) is 33.4 Å². The molecule has 0 amide bonds. The lowest BCUT2D eigenvalue weighted by Gasteiger charge is -2.64. The fourth-order valence-electron chi connectivity index (χ4n) is 9.56. The third-order valence-electron chi connectivity index (χ3n) is 11.7. The minimum absolute atomic E-state index is 0.0218. The van der Waals surface area contributed by atoms with E-state index in [4.69, 9.17) is 9.47 Å². The molecule has 0 bridgehead atoms. The number of hydrogen-bond acceptors (Lipinski definition) is 9. The van der Waals surface area contributed by atoms with E-state index in [2.05, 4.69) is 13.0 Å². The molecule has 0 aromatic rings. The normalized spacial score (nSPS) is 40.1. The Bertz CT molecular complexity index is 1310. The minimum Gasteiger partial charge on any atom is -0.462 e. The van der Waals surface area contributed by atoms with Crippen molar-refractivity contribution in [1.29, 1.82) is 0 Å². The van der Waals surface area contributed by atoms with Crippen LogP contribution in [0.1, 0.15) is 94.9 Å². The maximum absolute atomic E-state index is 14.6. The lowest BCUT2D eigenvalue weighted by Crippen LogP contribution is -2.65. The quantitative estimate of drug-likeness (QED) is 0.262. The van der Waals surface area contributed by atoms with Gasteiger partial charge < -0.3 is 19.7 Å². The molecule has 9 nitrogen and oxygen atoms in total. The summed E-state index contributed by atoms with van der Waals surface area (Å²) in [7, 11) is 0. The Morgan fingerprint density at radius 3 is 2.07 bits per heavy atom. The van der Waals surface area contributed by atoms with E-state index in [1.165, 1.54) is 40.7 Å². The topological polar surface area (TPSA) is 144 Å². The molecule has 9 heteroatoms. The number of fused-ring (bicyclic) bond motifs is 5. The van der Waals surface area contributed by atoms with Gasteiger partial charge in [0.05, 0.1) is 5.60 Å². The Morgan fingerprint density at radius 2 is 1.53 bits per heavy atom. The smallest absolute Gasteiger partial charge is 0.303 e. The summed E-state index contributed by atoms with van der Waals surface area (Å²) in [6.45, 7) is 16.5. The molecule has 0 saturated heterocycles. The fraction of sp³-hybridized carbons (Fsp3) is 0.735. The van der Waals surface area contributed by atoms with E-state index in [1.807, 2.05) is 27.7 Å². The van der Waals surface area contributed by atoms with Crippen molar-refractivity contribution >= 4 is 29.3 Å². The molecule has 9 unspecified atom stereocenters. The molecule has 3 saturated carbocycles. The van der Waals surface area contributed by atoms with Gasteiger partial charge >= 0.3 is 11.9 Å². The van der Waals surface area contributed by atoms with Crippen molar-refractivity contribution in [1.82, 2.24) is 0 Å². The molecule has 43 heavy (non-hydrogen) atoms. The Hall–Kier alpha value is -2.65. The first-order valence-electron chi connectivity index (χ1n) is 15.3. The van der Waals surface area contributed by atoms with Crippen LogP contribution in [0.15, 0.2) is 23.8 Å². The van der Waals surface area contributed by atoms with Crippen LogP contribution < -0.4 is 0 Å². The predicted octanol–water partition coefficient (Wildman–Crippen LogP) is 4.07. The molecule has 3 fully saturated rings. The molecule has 238 valence electrons. The SMILES string of the molecule is CC(=O)OC1CC2C(=CCC3C2(C)C(=O)CC2(C)C(C(C)(O)C(=O)C=CC(C)(C)O)C(OC(C)=O)CC32C)C(C)(C)C1=O. The van der Waals surface area contributed by atoms with Crippen LogP contribution in [-0.4, -0.2) is 62.9 Å². The first-order chi connectivity index (χ1) is 19.4. The summed E-state index contributed by atoms with van der Waals surface area (Å²) >= 11 is 0. The van der Waals surface area contributed by atoms with Gasteiger partial charge in [0, 0.05) is 37.0 Å². The summed E-state index contributed by atoms with van der Waals surface area (Å²) in [6, 6.07) is 0. The molecule has 4 aliphatic rings.